The van der Waals surface area contributed by atoms with E-state index < -0.39 is 0 Å². The molecule has 1 aliphatic rings. The molecular weight excluding hydrogens is 465 g/mol. The number of aromatic nitrogens is 1. The minimum Gasteiger partial charge on any atom is -0.357 e. The Morgan fingerprint density at radius 2 is 1.93 bits per heavy atom. The molecule has 152 valence electrons. The second-order valence-electron chi connectivity index (χ2n) is 6.78. The molecule has 2 N–H and O–H groups in total. The molecule has 0 spiro atoms. The lowest BCUT2D eigenvalue weighted by Gasteiger charge is -2.16. The summed E-state index contributed by atoms with van der Waals surface area (Å²) in [5, 5.41) is 6.66. The summed E-state index contributed by atoms with van der Waals surface area (Å²) in [7, 11) is 0. The van der Waals surface area contributed by atoms with Crippen molar-refractivity contribution >= 4 is 35.8 Å². The molecule has 6 nitrogen and oxygen atoms in total. The molecule has 7 heteroatoms. The number of guanidine groups is 1. The summed E-state index contributed by atoms with van der Waals surface area (Å²) in [6.45, 7) is 6.79. The number of hydrogen-bond acceptors (Lipinski definition) is 2. The van der Waals surface area contributed by atoms with Gasteiger partial charge in [0.15, 0.2) is 5.96 Å². The van der Waals surface area contributed by atoms with Gasteiger partial charge >= 0.3 is 0 Å². The topological polar surface area (TPSA) is 61.7 Å². The van der Waals surface area contributed by atoms with E-state index in [-0.39, 0.29) is 29.9 Å². The summed E-state index contributed by atoms with van der Waals surface area (Å²) in [6, 6.07) is 12.4. The Morgan fingerprint density at radius 1 is 1.14 bits per heavy atom. The highest BCUT2D eigenvalue weighted by Gasteiger charge is 2.19. The highest BCUT2D eigenvalue weighted by molar-refractivity contribution is 14.0. The average molecular weight is 495 g/mol. The van der Waals surface area contributed by atoms with Gasteiger partial charge in [0.1, 0.15) is 0 Å². The van der Waals surface area contributed by atoms with E-state index >= 15 is 0 Å². The van der Waals surface area contributed by atoms with Crippen molar-refractivity contribution in [1.29, 1.82) is 0 Å². The fourth-order valence-electron chi connectivity index (χ4n) is 3.25. The fourth-order valence-corrected chi connectivity index (χ4v) is 3.25. The van der Waals surface area contributed by atoms with Gasteiger partial charge in [-0.15, -0.1) is 24.0 Å². The Labute approximate surface area is 184 Å². The number of nitrogens with one attached hydrogen (secondary N) is 2. The van der Waals surface area contributed by atoms with E-state index in [4.69, 9.17) is 4.99 Å². The van der Waals surface area contributed by atoms with Crippen LogP contribution in [0.2, 0.25) is 0 Å². The van der Waals surface area contributed by atoms with Crippen molar-refractivity contribution in [2.24, 2.45) is 4.99 Å². The molecule has 0 saturated carbocycles. The lowest BCUT2D eigenvalue weighted by Crippen LogP contribution is -2.38. The maximum atomic E-state index is 11.8. The van der Waals surface area contributed by atoms with Crippen LogP contribution < -0.4 is 10.6 Å². The van der Waals surface area contributed by atoms with Crippen LogP contribution >= 0.6 is 24.0 Å². The number of carbonyl (C=O) groups is 1. The molecule has 0 aliphatic carbocycles. The maximum Gasteiger partial charge on any atom is 0.222 e. The van der Waals surface area contributed by atoms with Crippen LogP contribution in [0.1, 0.15) is 30.9 Å². The first kappa shape index (κ1) is 22.3. The van der Waals surface area contributed by atoms with Crippen LogP contribution in [-0.4, -0.2) is 41.0 Å². The normalized spacial score (nSPS) is 14.1. The van der Waals surface area contributed by atoms with Crippen molar-refractivity contribution in [3.8, 4) is 0 Å². The average Bonchev–Trinajstić information content (AvgIpc) is 3.32. The Bertz CT molecular complexity index is 760. The van der Waals surface area contributed by atoms with Crippen molar-refractivity contribution in [1.82, 2.24) is 20.1 Å². The molecule has 1 saturated heterocycles. The van der Waals surface area contributed by atoms with Crippen molar-refractivity contribution in [3.05, 3.63) is 59.9 Å². The fraction of sp³-hybridized carbons (Fsp3) is 0.429. The molecule has 0 bridgehead atoms. The monoisotopic (exact) mass is 495 g/mol. The summed E-state index contributed by atoms with van der Waals surface area (Å²) >= 11 is 0. The van der Waals surface area contributed by atoms with Gasteiger partial charge in [0, 0.05) is 51.5 Å². The zero-order chi connectivity index (χ0) is 18.9. The molecule has 1 fully saturated rings. The summed E-state index contributed by atoms with van der Waals surface area (Å²) in [5.74, 6) is 1.09. The number of aliphatic imine (C=N–C) groups is 1. The first-order valence-electron chi connectivity index (χ1n) is 9.73. The third-order valence-electron chi connectivity index (χ3n) is 4.63. The van der Waals surface area contributed by atoms with Crippen molar-refractivity contribution in [2.75, 3.05) is 19.6 Å². The molecule has 0 atom stereocenters. The van der Waals surface area contributed by atoms with Gasteiger partial charge in [-0.05, 0) is 36.6 Å². The lowest BCUT2D eigenvalue weighted by atomic mass is 10.1. The SMILES string of the molecule is CCNC(=NCc1cccc(CN2CCCC2=O)c1)NCCn1cccc1.I. The number of carbonyl (C=O) groups excluding carboxylic acids is 1. The minimum atomic E-state index is 0. The second kappa shape index (κ2) is 11.7. The summed E-state index contributed by atoms with van der Waals surface area (Å²) in [6.07, 6.45) is 5.78. The molecule has 1 aromatic heterocycles. The van der Waals surface area contributed by atoms with Gasteiger partial charge < -0.3 is 20.1 Å². The van der Waals surface area contributed by atoms with Crippen LogP contribution in [0, 0.1) is 0 Å². The predicted molar refractivity (Wildman–Crippen MR) is 124 cm³/mol. The van der Waals surface area contributed by atoms with Crippen molar-refractivity contribution in [3.63, 3.8) is 0 Å². The highest BCUT2D eigenvalue weighted by atomic mass is 127. The third-order valence-corrected chi connectivity index (χ3v) is 4.63. The Morgan fingerprint density at radius 3 is 2.64 bits per heavy atom. The maximum absolute atomic E-state index is 11.8. The summed E-state index contributed by atoms with van der Waals surface area (Å²) in [4.78, 5) is 18.5. The van der Waals surface area contributed by atoms with E-state index in [1.165, 1.54) is 5.56 Å². The Hall–Kier alpha value is -2.03. The second-order valence-corrected chi connectivity index (χ2v) is 6.78. The quantitative estimate of drug-likeness (QED) is 0.337. The molecule has 2 aromatic rings. The van der Waals surface area contributed by atoms with Crippen LogP contribution in [0.5, 0.6) is 0 Å². The van der Waals surface area contributed by atoms with Crippen molar-refractivity contribution in [2.45, 2.75) is 39.4 Å². The van der Waals surface area contributed by atoms with Crippen LogP contribution in [0.3, 0.4) is 0 Å². The number of nitrogens with zero attached hydrogens (tertiary/aromatic N) is 3. The zero-order valence-electron chi connectivity index (χ0n) is 16.4. The van der Waals surface area contributed by atoms with Gasteiger partial charge in [-0.2, -0.15) is 0 Å². The molecule has 1 aliphatic heterocycles. The minimum absolute atomic E-state index is 0. The number of likely N-dealkylation sites (tertiary alicyclic amines) is 1. The van der Waals surface area contributed by atoms with Gasteiger partial charge in [-0.1, -0.05) is 24.3 Å². The Kier molecular flexibility index (Phi) is 9.33. The molecular formula is C21H30IN5O. The largest absolute Gasteiger partial charge is 0.357 e. The number of halogens is 1. The van der Waals surface area contributed by atoms with Gasteiger partial charge in [0.05, 0.1) is 6.54 Å². The Balaban J connectivity index is 0.00000280. The molecule has 0 unspecified atom stereocenters. The van der Waals surface area contributed by atoms with Gasteiger partial charge in [-0.3, -0.25) is 4.79 Å². The van der Waals surface area contributed by atoms with Crippen LogP contribution in [-0.2, 0) is 24.4 Å². The lowest BCUT2D eigenvalue weighted by molar-refractivity contribution is -0.128. The van der Waals surface area contributed by atoms with Gasteiger partial charge in [0.25, 0.3) is 0 Å². The number of hydrogen-bond donors (Lipinski definition) is 2. The third kappa shape index (κ3) is 6.85. The van der Waals surface area contributed by atoms with Crippen LogP contribution in [0.15, 0.2) is 53.8 Å². The molecule has 3 rings (SSSR count). The predicted octanol–water partition coefficient (Wildman–Crippen LogP) is 2.98. The number of rotatable bonds is 8. The highest BCUT2D eigenvalue weighted by Crippen LogP contribution is 2.15. The standard InChI is InChI=1S/C21H29N5O.HI/c1-2-22-21(23-10-14-25-11-3-4-12-25)24-16-18-7-5-8-19(15-18)17-26-13-6-9-20(26)27;/h3-5,7-8,11-12,15H,2,6,9-10,13-14,16-17H2,1H3,(H2,22,23,24);1H. The summed E-state index contributed by atoms with van der Waals surface area (Å²) < 4.78 is 2.14. The zero-order valence-corrected chi connectivity index (χ0v) is 18.8. The van der Waals surface area contributed by atoms with Crippen molar-refractivity contribution < 1.29 is 4.79 Å². The number of benzene rings is 1. The molecule has 1 aromatic carbocycles. The first-order valence-corrected chi connectivity index (χ1v) is 9.73. The van der Waals surface area contributed by atoms with Gasteiger partial charge in [0.2, 0.25) is 5.91 Å². The summed E-state index contributed by atoms with van der Waals surface area (Å²) in [5.41, 5.74) is 2.32. The molecule has 1 amide bonds. The van der Waals surface area contributed by atoms with E-state index in [0.29, 0.717) is 19.5 Å². The molecule has 2 heterocycles. The van der Waals surface area contributed by atoms with Gasteiger partial charge in [-0.25, -0.2) is 4.99 Å². The van der Waals surface area contributed by atoms with E-state index in [1.54, 1.807) is 0 Å². The van der Waals surface area contributed by atoms with Crippen LogP contribution in [0.25, 0.3) is 0 Å². The molecule has 28 heavy (non-hydrogen) atoms. The smallest absolute Gasteiger partial charge is 0.222 e. The van der Waals surface area contributed by atoms with E-state index in [9.17, 15) is 4.79 Å². The van der Waals surface area contributed by atoms with E-state index in [1.807, 2.05) is 23.1 Å². The van der Waals surface area contributed by atoms with E-state index in [0.717, 1.165) is 44.1 Å². The first-order chi connectivity index (χ1) is 13.2. The molecule has 0 radical (unpaired) electrons. The van der Waals surface area contributed by atoms with E-state index in [2.05, 4.69) is 52.7 Å². The number of amides is 1. The van der Waals surface area contributed by atoms with Crippen LogP contribution in [0.4, 0.5) is 0 Å².